The second kappa shape index (κ2) is 8.46. The number of hydrogen-bond acceptors (Lipinski definition) is 5. The molecule has 0 aliphatic carbocycles. The number of methoxy groups -OCH3 is 1. The normalized spacial score (nSPS) is 10.7. The third kappa shape index (κ3) is 4.59. The summed E-state index contributed by atoms with van der Waals surface area (Å²) in [5, 5.41) is 15.0. The molecule has 8 heteroatoms. The number of nitrogens with one attached hydrogen (secondary N) is 2. The van der Waals surface area contributed by atoms with E-state index in [0.29, 0.717) is 26.6 Å². The Hall–Kier alpha value is -2.90. The van der Waals surface area contributed by atoms with Crippen molar-refractivity contribution >= 4 is 51.9 Å². The fraction of sp³-hybridized carbons (Fsp3) is 0.0556. The van der Waals surface area contributed by atoms with Crippen molar-refractivity contribution in [1.29, 1.82) is 0 Å². The van der Waals surface area contributed by atoms with E-state index in [1.54, 1.807) is 31.4 Å². The molecule has 0 fully saturated rings. The van der Waals surface area contributed by atoms with Crippen molar-refractivity contribution < 1.29 is 9.53 Å². The van der Waals surface area contributed by atoms with Gasteiger partial charge in [-0.15, -0.1) is 10.2 Å². The molecule has 0 radical (unpaired) electrons. The van der Waals surface area contributed by atoms with Gasteiger partial charge >= 0.3 is 6.03 Å². The molecular formula is C18H15ClN4O2S. The second-order valence-electron chi connectivity index (χ2n) is 5.08. The molecule has 0 aliphatic heterocycles. The Morgan fingerprint density at radius 2 is 1.85 bits per heavy atom. The number of hydrogen-bond donors (Lipinski definition) is 2. The van der Waals surface area contributed by atoms with Crippen LogP contribution < -0.4 is 15.4 Å². The van der Waals surface area contributed by atoms with E-state index in [9.17, 15) is 4.79 Å². The summed E-state index contributed by atoms with van der Waals surface area (Å²) in [6.07, 6.45) is 3.64. The van der Waals surface area contributed by atoms with Gasteiger partial charge in [0.15, 0.2) is 0 Å². The zero-order valence-corrected chi connectivity index (χ0v) is 15.3. The molecule has 2 N–H and O–H groups in total. The zero-order valence-electron chi connectivity index (χ0n) is 13.8. The van der Waals surface area contributed by atoms with Crippen LogP contribution in [0.4, 0.5) is 15.6 Å². The molecule has 3 rings (SSSR count). The number of para-hydroxylation sites is 2. The molecule has 132 valence electrons. The first kappa shape index (κ1) is 17.9. The van der Waals surface area contributed by atoms with Crippen molar-refractivity contribution in [2.75, 3.05) is 17.7 Å². The van der Waals surface area contributed by atoms with Crippen molar-refractivity contribution in [2.24, 2.45) is 0 Å². The molecule has 0 saturated carbocycles. The summed E-state index contributed by atoms with van der Waals surface area (Å²) in [6.45, 7) is 0. The molecule has 26 heavy (non-hydrogen) atoms. The number of anilines is 2. The van der Waals surface area contributed by atoms with E-state index in [1.165, 1.54) is 11.3 Å². The average molecular weight is 387 g/mol. The van der Waals surface area contributed by atoms with Crippen LogP contribution in [-0.4, -0.2) is 23.3 Å². The van der Waals surface area contributed by atoms with Crippen molar-refractivity contribution in [1.82, 2.24) is 10.2 Å². The summed E-state index contributed by atoms with van der Waals surface area (Å²) in [6, 6.07) is 14.2. The van der Waals surface area contributed by atoms with Gasteiger partial charge in [0.2, 0.25) is 5.13 Å². The maximum atomic E-state index is 12.1. The Morgan fingerprint density at radius 1 is 1.08 bits per heavy atom. The SMILES string of the molecule is COc1ccccc1NC(=O)Nc1nnc(C=Cc2ccccc2Cl)s1. The smallest absolute Gasteiger partial charge is 0.325 e. The molecule has 2 amide bonds. The number of ether oxygens (including phenoxy) is 1. The molecule has 0 spiro atoms. The molecule has 1 aromatic heterocycles. The number of urea groups is 1. The number of nitrogens with zero attached hydrogens (tertiary/aromatic N) is 2. The number of halogens is 1. The molecule has 2 aromatic carbocycles. The lowest BCUT2D eigenvalue weighted by atomic mass is 10.2. The van der Waals surface area contributed by atoms with Gasteiger partial charge in [0.05, 0.1) is 12.8 Å². The Kier molecular flexibility index (Phi) is 5.83. The van der Waals surface area contributed by atoms with Crippen molar-refractivity contribution in [3.8, 4) is 5.75 Å². The van der Waals surface area contributed by atoms with E-state index >= 15 is 0 Å². The van der Waals surface area contributed by atoms with Gasteiger partial charge in [-0.1, -0.05) is 59.3 Å². The van der Waals surface area contributed by atoms with Gasteiger partial charge in [-0.3, -0.25) is 5.32 Å². The van der Waals surface area contributed by atoms with Crippen LogP contribution in [0.2, 0.25) is 5.02 Å². The van der Waals surface area contributed by atoms with Gasteiger partial charge < -0.3 is 10.1 Å². The van der Waals surface area contributed by atoms with Gasteiger partial charge in [0.25, 0.3) is 0 Å². The highest BCUT2D eigenvalue weighted by atomic mass is 35.5. The zero-order chi connectivity index (χ0) is 18.4. The monoisotopic (exact) mass is 386 g/mol. The maximum absolute atomic E-state index is 12.1. The molecular weight excluding hydrogens is 372 g/mol. The van der Waals surface area contributed by atoms with E-state index in [1.807, 2.05) is 36.4 Å². The van der Waals surface area contributed by atoms with Crippen LogP contribution in [0.25, 0.3) is 12.2 Å². The third-order valence-corrected chi connectivity index (χ3v) is 4.48. The van der Waals surface area contributed by atoms with Gasteiger partial charge in [0, 0.05) is 5.02 Å². The highest BCUT2D eigenvalue weighted by Gasteiger charge is 2.09. The predicted molar refractivity (Wildman–Crippen MR) is 106 cm³/mol. The van der Waals surface area contributed by atoms with E-state index in [0.717, 1.165) is 5.56 Å². The summed E-state index contributed by atoms with van der Waals surface area (Å²) < 4.78 is 5.20. The second-order valence-corrected chi connectivity index (χ2v) is 6.50. The number of rotatable bonds is 5. The maximum Gasteiger partial charge on any atom is 0.325 e. The minimum Gasteiger partial charge on any atom is -0.495 e. The van der Waals surface area contributed by atoms with Gasteiger partial charge in [-0.2, -0.15) is 0 Å². The van der Waals surface area contributed by atoms with Crippen molar-refractivity contribution in [3.05, 3.63) is 64.1 Å². The summed E-state index contributed by atoms with van der Waals surface area (Å²) >= 11 is 7.36. The highest BCUT2D eigenvalue weighted by Crippen LogP contribution is 2.24. The lowest BCUT2D eigenvalue weighted by Crippen LogP contribution is -2.19. The number of benzene rings is 2. The number of carbonyl (C=O) groups excluding carboxylic acids is 1. The lowest BCUT2D eigenvalue weighted by Gasteiger charge is -2.09. The van der Waals surface area contributed by atoms with Crippen LogP contribution in [0, 0.1) is 0 Å². The first-order valence-corrected chi connectivity index (χ1v) is 8.82. The standard InChI is InChI=1S/C18H15ClN4O2S/c1-25-15-9-5-4-8-14(15)20-17(24)21-18-23-22-16(26-18)11-10-12-6-2-3-7-13(12)19/h2-11H,1H3,(H2,20,21,23,24). The summed E-state index contributed by atoms with van der Waals surface area (Å²) in [7, 11) is 1.54. The topological polar surface area (TPSA) is 76.1 Å². The van der Waals surface area contributed by atoms with E-state index in [2.05, 4.69) is 20.8 Å². The summed E-state index contributed by atoms with van der Waals surface area (Å²) in [5.74, 6) is 0.572. The minimum atomic E-state index is -0.424. The van der Waals surface area contributed by atoms with Gasteiger partial charge in [-0.25, -0.2) is 4.79 Å². The first-order chi connectivity index (χ1) is 12.7. The third-order valence-electron chi connectivity index (χ3n) is 3.33. The fourth-order valence-corrected chi connectivity index (χ4v) is 2.96. The van der Waals surface area contributed by atoms with Crippen LogP contribution in [0.3, 0.4) is 0 Å². The summed E-state index contributed by atoms with van der Waals surface area (Å²) in [5.41, 5.74) is 1.45. The minimum absolute atomic E-state index is 0.385. The summed E-state index contributed by atoms with van der Waals surface area (Å²) in [4.78, 5) is 12.1. The van der Waals surface area contributed by atoms with Crippen molar-refractivity contribution in [3.63, 3.8) is 0 Å². The number of aromatic nitrogens is 2. The van der Waals surface area contributed by atoms with Crippen LogP contribution in [-0.2, 0) is 0 Å². The van der Waals surface area contributed by atoms with Crippen LogP contribution in [0.5, 0.6) is 5.75 Å². The molecule has 0 atom stereocenters. The molecule has 0 saturated heterocycles. The van der Waals surface area contributed by atoms with Crippen molar-refractivity contribution in [2.45, 2.75) is 0 Å². The Labute approximate surface area is 159 Å². The number of carbonyl (C=O) groups is 1. The fourth-order valence-electron chi connectivity index (χ4n) is 2.12. The highest BCUT2D eigenvalue weighted by molar-refractivity contribution is 7.16. The molecule has 0 aliphatic rings. The van der Waals surface area contributed by atoms with E-state index in [-0.39, 0.29) is 0 Å². The van der Waals surface area contributed by atoms with Crippen LogP contribution in [0.1, 0.15) is 10.6 Å². The Bertz CT molecular complexity index is 942. The van der Waals surface area contributed by atoms with E-state index in [4.69, 9.17) is 16.3 Å². The average Bonchev–Trinajstić information content (AvgIpc) is 3.08. The van der Waals surface area contributed by atoms with Gasteiger partial charge in [0.1, 0.15) is 10.8 Å². The van der Waals surface area contributed by atoms with Crippen LogP contribution >= 0.6 is 22.9 Å². The molecule has 0 unspecified atom stereocenters. The Morgan fingerprint density at radius 3 is 2.65 bits per heavy atom. The molecule has 0 bridgehead atoms. The lowest BCUT2D eigenvalue weighted by molar-refractivity contribution is 0.262. The molecule has 1 heterocycles. The van der Waals surface area contributed by atoms with Gasteiger partial charge in [-0.05, 0) is 29.8 Å². The first-order valence-electron chi connectivity index (χ1n) is 7.63. The number of amides is 2. The predicted octanol–water partition coefficient (Wildman–Crippen LogP) is 5.01. The van der Waals surface area contributed by atoms with E-state index < -0.39 is 6.03 Å². The van der Waals surface area contributed by atoms with Crippen LogP contribution in [0.15, 0.2) is 48.5 Å². The molecule has 6 nitrogen and oxygen atoms in total. The quantitative estimate of drug-likeness (QED) is 0.645. The largest absolute Gasteiger partial charge is 0.495 e. The molecule has 3 aromatic rings. The Balaban J connectivity index is 1.63.